The van der Waals surface area contributed by atoms with Crippen molar-refractivity contribution < 1.29 is 14.8 Å². The van der Waals surface area contributed by atoms with Crippen LogP contribution in [0.25, 0.3) is 0 Å². The molecule has 0 saturated heterocycles. The van der Waals surface area contributed by atoms with E-state index in [0.717, 1.165) is 0 Å². The topological polar surface area (TPSA) is 92.5 Å². The number of aliphatic carboxylic acids is 1. The monoisotopic (exact) mass is 308 g/mol. The lowest BCUT2D eigenvalue weighted by molar-refractivity contribution is -0.385. The van der Waals surface area contributed by atoms with Gasteiger partial charge >= 0.3 is 5.97 Å². The Morgan fingerprint density at radius 1 is 1.32 bits per heavy atom. The molecule has 6 nitrogen and oxygen atoms in total. The molecule has 0 amide bonds. The Kier molecular flexibility index (Phi) is 6.98. The molecule has 122 valence electrons. The largest absolute Gasteiger partial charge is 0.481 e. The van der Waals surface area contributed by atoms with Crippen molar-refractivity contribution in [3.63, 3.8) is 0 Å². The molecule has 0 aliphatic carbocycles. The summed E-state index contributed by atoms with van der Waals surface area (Å²) in [5, 5.41) is 23.4. The van der Waals surface area contributed by atoms with Gasteiger partial charge in [-0.1, -0.05) is 32.0 Å². The highest BCUT2D eigenvalue weighted by Gasteiger charge is 2.20. The van der Waals surface area contributed by atoms with E-state index >= 15 is 0 Å². The number of hydrogen-bond donors (Lipinski definition) is 2. The smallest absolute Gasteiger partial charge is 0.307 e. The van der Waals surface area contributed by atoms with E-state index in [4.69, 9.17) is 0 Å². The zero-order chi connectivity index (χ0) is 16.7. The molecule has 6 heteroatoms. The lowest BCUT2D eigenvalue weighted by Gasteiger charge is -2.19. The fourth-order valence-electron chi connectivity index (χ4n) is 2.45. The van der Waals surface area contributed by atoms with E-state index in [1.165, 1.54) is 6.07 Å². The number of benzene rings is 1. The van der Waals surface area contributed by atoms with Crippen LogP contribution in [0, 0.1) is 22.0 Å². The van der Waals surface area contributed by atoms with Gasteiger partial charge in [-0.3, -0.25) is 14.9 Å². The predicted octanol–water partition coefficient (Wildman–Crippen LogP) is 2.86. The fraction of sp³-hybridized carbons (Fsp3) is 0.562. The fourth-order valence-corrected chi connectivity index (χ4v) is 2.45. The number of nitrogens with one attached hydrogen (secondary N) is 1. The number of carboxylic acid groups (broad SMARTS) is 1. The number of nitro groups is 1. The Morgan fingerprint density at radius 3 is 2.50 bits per heavy atom. The maximum Gasteiger partial charge on any atom is 0.307 e. The number of nitrogens with zero attached hydrogens (tertiary/aromatic N) is 1. The van der Waals surface area contributed by atoms with E-state index in [9.17, 15) is 20.0 Å². The lowest BCUT2D eigenvalue weighted by atomic mass is 9.96. The first kappa shape index (κ1) is 18.1. The molecule has 0 aliphatic rings. The van der Waals surface area contributed by atoms with Crippen LogP contribution >= 0.6 is 0 Å². The molecule has 0 fully saturated rings. The Morgan fingerprint density at radius 2 is 1.95 bits per heavy atom. The van der Waals surface area contributed by atoms with Gasteiger partial charge in [0.25, 0.3) is 5.69 Å². The van der Waals surface area contributed by atoms with E-state index in [0.29, 0.717) is 30.9 Å². The Labute approximate surface area is 130 Å². The minimum Gasteiger partial charge on any atom is -0.481 e. The highest BCUT2D eigenvalue weighted by Crippen LogP contribution is 2.19. The second-order valence-electron chi connectivity index (χ2n) is 6.06. The Balaban J connectivity index is 2.61. The second kappa shape index (κ2) is 8.48. The normalized spacial score (nSPS) is 13.8. The van der Waals surface area contributed by atoms with Gasteiger partial charge in [0, 0.05) is 24.2 Å². The van der Waals surface area contributed by atoms with Crippen LogP contribution < -0.4 is 5.32 Å². The lowest BCUT2D eigenvalue weighted by Crippen LogP contribution is -2.36. The van der Waals surface area contributed by atoms with E-state index < -0.39 is 11.9 Å². The minimum atomic E-state index is -0.806. The molecule has 0 bridgehead atoms. The van der Waals surface area contributed by atoms with Crippen LogP contribution in [-0.2, 0) is 11.2 Å². The van der Waals surface area contributed by atoms with Crippen LogP contribution in [0.3, 0.4) is 0 Å². The molecular weight excluding hydrogens is 284 g/mol. The first-order valence-corrected chi connectivity index (χ1v) is 7.49. The van der Waals surface area contributed by atoms with Gasteiger partial charge in [-0.05, 0) is 25.7 Å². The summed E-state index contributed by atoms with van der Waals surface area (Å²) >= 11 is 0. The molecule has 0 radical (unpaired) electrons. The molecule has 0 aromatic heterocycles. The molecular formula is C16H24N2O4. The Hall–Kier alpha value is -1.95. The van der Waals surface area contributed by atoms with Crippen molar-refractivity contribution in [1.82, 2.24) is 5.32 Å². The molecule has 2 unspecified atom stereocenters. The van der Waals surface area contributed by atoms with Crippen LogP contribution in [0.1, 0.15) is 32.8 Å². The van der Waals surface area contributed by atoms with Gasteiger partial charge in [-0.15, -0.1) is 0 Å². The number of nitro benzene ring substituents is 1. The summed E-state index contributed by atoms with van der Waals surface area (Å²) < 4.78 is 0. The predicted molar refractivity (Wildman–Crippen MR) is 84.8 cm³/mol. The highest BCUT2D eigenvalue weighted by molar-refractivity contribution is 5.70. The third-order valence-corrected chi connectivity index (χ3v) is 3.53. The van der Waals surface area contributed by atoms with Crippen molar-refractivity contribution in [2.75, 3.05) is 6.54 Å². The maximum atomic E-state index is 11.2. The minimum absolute atomic E-state index is 0.0323. The van der Waals surface area contributed by atoms with Crippen molar-refractivity contribution in [1.29, 1.82) is 0 Å². The van der Waals surface area contributed by atoms with Crippen molar-refractivity contribution >= 4 is 11.7 Å². The van der Waals surface area contributed by atoms with Crippen LogP contribution in [0.2, 0.25) is 0 Å². The quantitative estimate of drug-likeness (QED) is 0.540. The summed E-state index contributed by atoms with van der Waals surface area (Å²) in [5.74, 6) is -0.930. The zero-order valence-electron chi connectivity index (χ0n) is 13.3. The average molecular weight is 308 g/mol. The third-order valence-electron chi connectivity index (χ3n) is 3.53. The van der Waals surface area contributed by atoms with Crippen molar-refractivity contribution in [2.45, 2.75) is 39.7 Å². The second-order valence-corrected chi connectivity index (χ2v) is 6.06. The molecule has 22 heavy (non-hydrogen) atoms. The van der Waals surface area contributed by atoms with Crippen molar-refractivity contribution in [3.8, 4) is 0 Å². The van der Waals surface area contributed by atoms with Gasteiger partial charge in [0.05, 0.1) is 10.8 Å². The number of hydrogen-bond acceptors (Lipinski definition) is 4. The molecule has 0 heterocycles. The molecule has 0 aliphatic heterocycles. The molecule has 2 N–H and O–H groups in total. The van der Waals surface area contributed by atoms with Crippen molar-refractivity contribution in [3.05, 3.63) is 39.9 Å². The SMILES string of the molecule is CC(C)CC(CNC(C)Cc1ccccc1[N+](=O)[O-])C(=O)O. The van der Waals surface area contributed by atoms with Gasteiger partial charge in [0.2, 0.25) is 0 Å². The first-order valence-electron chi connectivity index (χ1n) is 7.49. The summed E-state index contributed by atoms with van der Waals surface area (Å²) in [6.07, 6.45) is 1.10. The molecule has 0 spiro atoms. The highest BCUT2D eigenvalue weighted by atomic mass is 16.6. The molecule has 1 aromatic carbocycles. The van der Waals surface area contributed by atoms with E-state index in [1.54, 1.807) is 18.2 Å². The summed E-state index contributed by atoms with van der Waals surface area (Å²) in [6, 6.07) is 6.60. The standard InChI is InChI=1S/C16H24N2O4/c1-11(2)8-14(16(19)20)10-17-12(3)9-13-6-4-5-7-15(13)18(21)22/h4-7,11-12,14,17H,8-10H2,1-3H3,(H,19,20). The summed E-state index contributed by atoms with van der Waals surface area (Å²) in [4.78, 5) is 21.8. The summed E-state index contributed by atoms with van der Waals surface area (Å²) in [5.41, 5.74) is 0.761. The van der Waals surface area contributed by atoms with Crippen LogP contribution in [0.5, 0.6) is 0 Å². The van der Waals surface area contributed by atoms with Gasteiger partial charge in [0.15, 0.2) is 0 Å². The van der Waals surface area contributed by atoms with Gasteiger partial charge in [-0.2, -0.15) is 0 Å². The van der Waals surface area contributed by atoms with Crippen LogP contribution in [-0.4, -0.2) is 28.6 Å². The third kappa shape index (κ3) is 5.81. The van der Waals surface area contributed by atoms with E-state index in [-0.39, 0.29) is 16.7 Å². The van der Waals surface area contributed by atoms with Crippen LogP contribution in [0.4, 0.5) is 5.69 Å². The van der Waals surface area contributed by atoms with Gasteiger partial charge < -0.3 is 10.4 Å². The summed E-state index contributed by atoms with van der Waals surface area (Å²) in [7, 11) is 0. The average Bonchev–Trinajstić information content (AvgIpc) is 2.43. The number of para-hydroxylation sites is 1. The summed E-state index contributed by atoms with van der Waals surface area (Å²) in [6.45, 7) is 6.26. The van der Waals surface area contributed by atoms with E-state index in [1.807, 2.05) is 20.8 Å². The number of carboxylic acids is 1. The van der Waals surface area contributed by atoms with Gasteiger partial charge in [-0.25, -0.2) is 0 Å². The van der Waals surface area contributed by atoms with Crippen LogP contribution in [0.15, 0.2) is 24.3 Å². The zero-order valence-corrected chi connectivity index (χ0v) is 13.3. The molecule has 1 aromatic rings. The molecule has 2 atom stereocenters. The van der Waals surface area contributed by atoms with E-state index in [2.05, 4.69) is 5.32 Å². The first-order chi connectivity index (χ1) is 10.3. The van der Waals surface area contributed by atoms with Gasteiger partial charge in [0.1, 0.15) is 0 Å². The molecule has 0 saturated carbocycles. The maximum absolute atomic E-state index is 11.2. The number of rotatable bonds is 9. The molecule has 1 rings (SSSR count). The number of carbonyl (C=O) groups is 1. The Bertz CT molecular complexity index is 517. The van der Waals surface area contributed by atoms with Crippen molar-refractivity contribution in [2.24, 2.45) is 11.8 Å².